The Hall–Kier alpha value is -1.69. The summed E-state index contributed by atoms with van der Waals surface area (Å²) in [6, 6.07) is 10.7. The van der Waals surface area contributed by atoms with E-state index >= 15 is 0 Å². The van der Waals surface area contributed by atoms with E-state index in [4.69, 9.17) is 4.74 Å². The Labute approximate surface area is 151 Å². The Bertz CT molecular complexity index is 655. The molecule has 25 heavy (non-hydrogen) atoms. The zero-order chi connectivity index (χ0) is 17.6. The van der Waals surface area contributed by atoms with Gasteiger partial charge in [0.1, 0.15) is 0 Å². The van der Waals surface area contributed by atoms with Crippen molar-refractivity contribution in [1.82, 2.24) is 19.6 Å². The van der Waals surface area contributed by atoms with E-state index in [9.17, 15) is 0 Å². The summed E-state index contributed by atoms with van der Waals surface area (Å²) < 4.78 is 8.00. The number of hydrogen-bond acceptors (Lipinski definition) is 4. The quantitative estimate of drug-likeness (QED) is 0.807. The van der Waals surface area contributed by atoms with Gasteiger partial charge in [-0.1, -0.05) is 30.3 Å². The van der Waals surface area contributed by atoms with Crippen molar-refractivity contribution in [3.05, 3.63) is 53.3 Å². The number of aromatic nitrogens is 2. The molecule has 0 saturated carbocycles. The Morgan fingerprint density at radius 1 is 1.28 bits per heavy atom. The molecule has 0 unspecified atom stereocenters. The minimum atomic E-state index is 0.258. The van der Waals surface area contributed by atoms with Gasteiger partial charge in [0, 0.05) is 58.1 Å². The normalized spacial score (nSPS) is 19.3. The van der Waals surface area contributed by atoms with Crippen LogP contribution in [0.5, 0.6) is 0 Å². The molecule has 1 saturated heterocycles. The largest absolute Gasteiger partial charge is 0.376 e. The lowest BCUT2D eigenvalue weighted by molar-refractivity contribution is 0.0297. The second kappa shape index (κ2) is 8.61. The number of hydrogen-bond donors (Lipinski definition) is 0. The minimum Gasteiger partial charge on any atom is -0.376 e. The number of likely N-dealkylation sites (N-methyl/N-ethyl adjacent to an activating group) is 1. The summed E-state index contributed by atoms with van der Waals surface area (Å²) >= 11 is 0. The molecule has 1 atom stereocenters. The van der Waals surface area contributed by atoms with Crippen molar-refractivity contribution < 1.29 is 4.74 Å². The predicted molar refractivity (Wildman–Crippen MR) is 100 cm³/mol. The smallest absolute Gasteiger partial charge is 0.0828 e. The summed E-state index contributed by atoms with van der Waals surface area (Å²) in [6.45, 7) is 7.90. The van der Waals surface area contributed by atoms with Crippen LogP contribution in [-0.2, 0) is 24.9 Å². The molecule has 5 nitrogen and oxygen atoms in total. The van der Waals surface area contributed by atoms with Crippen molar-refractivity contribution in [2.24, 2.45) is 7.05 Å². The van der Waals surface area contributed by atoms with E-state index in [0.717, 1.165) is 51.4 Å². The van der Waals surface area contributed by atoms with Crippen LogP contribution in [0.15, 0.2) is 36.5 Å². The Morgan fingerprint density at radius 2 is 2.08 bits per heavy atom. The molecule has 0 bridgehead atoms. The molecule has 1 aromatic carbocycles. The lowest BCUT2D eigenvalue weighted by atomic mass is 10.2. The highest BCUT2D eigenvalue weighted by molar-refractivity contribution is 5.15. The zero-order valence-electron chi connectivity index (χ0n) is 15.7. The summed E-state index contributed by atoms with van der Waals surface area (Å²) in [7, 11) is 4.15. The molecule has 2 aromatic rings. The lowest BCUT2D eigenvalue weighted by Gasteiger charge is -2.27. The molecule has 136 valence electrons. The van der Waals surface area contributed by atoms with Gasteiger partial charge in [-0.25, -0.2) is 0 Å². The molecule has 1 aliphatic heterocycles. The number of ether oxygens (including phenoxy) is 1. The average molecular weight is 342 g/mol. The molecule has 2 heterocycles. The van der Waals surface area contributed by atoms with Gasteiger partial charge >= 0.3 is 0 Å². The van der Waals surface area contributed by atoms with Gasteiger partial charge in [0.2, 0.25) is 0 Å². The van der Waals surface area contributed by atoms with Crippen molar-refractivity contribution in [3.8, 4) is 0 Å². The predicted octanol–water partition coefficient (Wildman–Crippen LogP) is 2.45. The van der Waals surface area contributed by atoms with Crippen LogP contribution < -0.4 is 0 Å². The first-order valence-electron chi connectivity index (χ1n) is 9.15. The van der Waals surface area contributed by atoms with Crippen LogP contribution in [0.4, 0.5) is 0 Å². The van der Waals surface area contributed by atoms with Crippen molar-refractivity contribution >= 4 is 0 Å². The van der Waals surface area contributed by atoms with Gasteiger partial charge in [-0.2, -0.15) is 5.10 Å². The Morgan fingerprint density at radius 3 is 2.80 bits per heavy atom. The molecule has 0 N–H and O–H groups in total. The monoisotopic (exact) mass is 342 g/mol. The molecule has 0 amide bonds. The standard InChI is InChI=1S/C20H30N4O/c1-17-19(14-23(3)21-17)13-22(2)15-20-16-24(10-7-11-25-20)12-18-8-5-4-6-9-18/h4-6,8-9,14,20H,7,10-13,15-16H2,1-3H3/t20-/m0/s1. The first-order valence-corrected chi connectivity index (χ1v) is 9.15. The molecule has 0 aliphatic carbocycles. The maximum Gasteiger partial charge on any atom is 0.0828 e. The van der Waals surface area contributed by atoms with Crippen molar-refractivity contribution in [3.63, 3.8) is 0 Å². The molecule has 0 radical (unpaired) electrons. The van der Waals surface area contributed by atoms with Gasteiger partial charge in [-0.05, 0) is 26.0 Å². The SMILES string of the molecule is Cc1nn(C)cc1CN(C)C[C@H]1CN(Cc2ccccc2)CCCO1. The topological polar surface area (TPSA) is 33.5 Å². The number of benzene rings is 1. The van der Waals surface area contributed by atoms with Gasteiger partial charge in [-0.15, -0.1) is 0 Å². The second-order valence-corrected chi connectivity index (χ2v) is 7.18. The van der Waals surface area contributed by atoms with E-state index in [1.807, 2.05) is 11.7 Å². The highest BCUT2D eigenvalue weighted by Crippen LogP contribution is 2.13. The van der Waals surface area contributed by atoms with Gasteiger partial charge in [0.25, 0.3) is 0 Å². The Balaban J connectivity index is 1.54. The highest BCUT2D eigenvalue weighted by atomic mass is 16.5. The summed E-state index contributed by atoms with van der Waals surface area (Å²) in [5.74, 6) is 0. The fraction of sp³-hybridized carbons (Fsp3) is 0.550. The van der Waals surface area contributed by atoms with Crippen LogP contribution >= 0.6 is 0 Å². The lowest BCUT2D eigenvalue weighted by Crippen LogP contribution is -2.38. The number of nitrogens with zero attached hydrogens (tertiary/aromatic N) is 4. The van der Waals surface area contributed by atoms with Crippen LogP contribution in [0.3, 0.4) is 0 Å². The first kappa shape index (κ1) is 18.1. The third-order valence-corrected chi connectivity index (χ3v) is 4.75. The summed E-state index contributed by atoms with van der Waals surface area (Å²) in [5.41, 5.74) is 3.78. The van der Waals surface area contributed by atoms with Gasteiger partial charge in [0.05, 0.1) is 11.8 Å². The minimum absolute atomic E-state index is 0.258. The third kappa shape index (κ3) is 5.39. The van der Waals surface area contributed by atoms with Crippen molar-refractivity contribution in [1.29, 1.82) is 0 Å². The highest BCUT2D eigenvalue weighted by Gasteiger charge is 2.20. The van der Waals surface area contributed by atoms with Gasteiger partial charge in [-0.3, -0.25) is 14.5 Å². The fourth-order valence-corrected chi connectivity index (χ4v) is 3.57. The van der Waals surface area contributed by atoms with Crippen LogP contribution in [0.1, 0.15) is 23.2 Å². The molecule has 1 aliphatic rings. The van der Waals surface area contributed by atoms with E-state index in [2.05, 4.69) is 65.4 Å². The van der Waals surface area contributed by atoms with E-state index in [-0.39, 0.29) is 6.10 Å². The van der Waals surface area contributed by atoms with Crippen molar-refractivity contribution in [2.75, 3.05) is 33.3 Å². The van der Waals surface area contributed by atoms with Crippen LogP contribution in [0.25, 0.3) is 0 Å². The van der Waals surface area contributed by atoms with Gasteiger partial charge in [0.15, 0.2) is 0 Å². The second-order valence-electron chi connectivity index (χ2n) is 7.18. The van der Waals surface area contributed by atoms with E-state index in [1.165, 1.54) is 11.1 Å². The summed E-state index contributed by atoms with van der Waals surface area (Å²) in [6.07, 6.45) is 3.48. The van der Waals surface area contributed by atoms with Crippen LogP contribution in [0.2, 0.25) is 0 Å². The molecular formula is C20H30N4O. The fourth-order valence-electron chi connectivity index (χ4n) is 3.57. The van der Waals surface area contributed by atoms with Gasteiger partial charge < -0.3 is 4.74 Å². The van der Waals surface area contributed by atoms with Crippen molar-refractivity contribution in [2.45, 2.75) is 32.5 Å². The van der Waals surface area contributed by atoms with E-state index < -0.39 is 0 Å². The first-order chi connectivity index (χ1) is 12.1. The van der Waals surface area contributed by atoms with E-state index in [0.29, 0.717) is 0 Å². The Kier molecular flexibility index (Phi) is 6.24. The third-order valence-electron chi connectivity index (χ3n) is 4.75. The number of aryl methyl sites for hydroxylation is 2. The molecule has 5 heteroatoms. The molecule has 1 fully saturated rings. The maximum atomic E-state index is 6.11. The maximum absolute atomic E-state index is 6.11. The van der Waals surface area contributed by atoms with Crippen LogP contribution in [0, 0.1) is 6.92 Å². The summed E-state index contributed by atoms with van der Waals surface area (Å²) in [5, 5.41) is 4.44. The average Bonchev–Trinajstić information content (AvgIpc) is 2.76. The zero-order valence-corrected chi connectivity index (χ0v) is 15.7. The number of rotatable bonds is 6. The summed E-state index contributed by atoms with van der Waals surface area (Å²) in [4.78, 5) is 4.87. The molecule has 3 rings (SSSR count). The molecule has 1 aromatic heterocycles. The van der Waals surface area contributed by atoms with Crippen LogP contribution in [-0.4, -0.2) is 59.0 Å². The molecule has 0 spiro atoms. The molecular weight excluding hydrogens is 312 g/mol. The van der Waals surface area contributed by atoms with E-state index in [1.54, 1.807) is 0 Å².